The third-order valence-corrected chi connectivity index (χ3v) is 7.44. The van der Waals surface area contributed by atoms with E-state index in [9.17, 15) is 18.0 Å². The molecule has 0 saturated carbocycles. The second-order valence-electron chi connectivity index (χ2n) is 7.21. The second-order valence-corrected chi connectivity index (χ2v) is 9.74. The van der Waals surface area contributed by atoms with Gasteiger partial charge < -0.3 is 19.1 Å². The third-order valence-electron chi connectivity index (χ3n) is 5.28. The van der Waals surface area contributed by atoms with Gasteiger partial charge in [-0.15, -0.1) is 11.8 Å². The molecule has 1 fully saturated rings. The summed E-state index contributed by atoms with van der Waals surface area (Å²) >= 11 is 1.37. The number of carbonyl (C=O) groups is 2. The summed E-state index contributed by atoms with van der Waals surface area (Å²) in [5, 5.41) is 0. The van der Waals surface area contributed by atoms with Crippen molar-refractivity contribution in [3.63, 3.8) is 0 Å². The SMILES string of the molecule is COC(=O)c1cc(OC)c(OC)cc1NS(=O)(=O)c1ccc(SC)c(C(=O)N2CCCC2)c1. The largest absolute Gasteiger partial charge is 0.493 e. The van der Waals surface area contributed by atoms with Crippen LogP contribution in [-0.2, 0) is 14.8 Å². The molecule has 1 aliphatic heterocycles. The molecule has 1 heterocycles. The number of esters is 1. The number of nitrogens with one attached hydrogen (secondary N) is 1. The molecule has 0 aromatic heterocycles. The van der Waals surface area contributed by atoms with Crippen molar-refractivity contribution in [1.82, 2.24) is 4.90 Å². The minimum Gasteiger partial charge on any atom is -0.493 e. The van der Waals surface area contributed by atoms with Crippen molar-refractivity contribution < 1.29 is 32.2 Å². The van der Waals surface area contributed by atoms with Gasteiger partial charge >= 0.3 is 5.97 Å². The highest BCUT2D eigenvalue weighted by Crippen LogP contribution is 2.35. The maximum Gasteiger partial charge on any atom is 0.340 e. The molecule has 0 radical (unpaired) electrons. The van der Waals surface area contributed by atoms with Crippen LogP contribution in [0.3, 0.4) is 0 Å². The number of nitrogens with zero attached hydrogens (tertiary/aromatic N) is 1. The molecule has 0 aliphatic carbocycles. The van der Waals surface area contributed by atoms with Gasteiger partial charge in [0.15, 0.2) is 11.5 Å². The van der Waals surface area contributed by atoms with E-state index >= 15 is 0 Å². The normalized spacial score (nSPS) is 13.5. The zero-order valence-electron chi connectivity index (χ0n) is 18.8. The molecule has 1 amide bonds. The van der Waals surface area contributed by atoms with Gasteiger partial charge in [0.2, 0.25) is 0 Å². The summed E-state index contributed by atoms with van der Waals surface area (Å²) in [4.78, 5) is 27.6. The number of rotatable bonds is 8. The Labute approximate surface area is 197 Å². The van der Waals surface area contributed by atoms with Gasteiger partial charge in [-0.05, 0) is 37.3 Å². The molecule has 1 aliphatic rings. The Morgan fingerprint density at radius 1 is 0.970 bits per heavy atom. The molecule has 9 nitrogen and oxygen atoms in total. The van der Waals surface area contributed by atoms with Gasteiger partial charge in [0.25, 0.3) is 15.9 Å². The summed E-state index contributed by atoms with van der Waals surface area (Å²) in [6.07, 6.45) is 3.68. The minimum absolute atomic E-state index is 0.0409. The number of benzene rings is 2. The van der Waals surface area contributed by atoms with E-state index in [0.29, 0.717) is 23.5 Å². The van der Waals surface area contributed by atoms with E-state index in [2.05, 4.69) is 4.72 Å². The fourth-order valence-corrected chi connectivity index (χ4v) is 5.22. The first-order valence-electron chi connectivity index (χ1n) is 10.1. The first-order valence-corrected chi connectivity index (χ1v) is 12.8. The lowest BCUT2D eigenvalue weighted by Crippen LogP contribution is -2.28. The van der Waals surface area contributed by atoms with Crippen molar-refractivity contribution >= 4 is 39.3 Å². The molecule has 0 unspecified atom stereocenters. The molecule has 2 aromatic carbocycles. The Bertz CT molecular complexity index is 1160. The summed E-state index contributed by atoms with van der Waals surface area (Å²) in [6, 6.07) is 7.08. The molecule has 1 N–H and O–H groups in total. The fraction of sp³-hybridized carbons (Fsp3) is 0.364. The summed E-state index contributed by atoms with van der Waals surface area (Å²) in [5.74, 6) is -0.485. The molecule has 0 bridgehead atoms. The molecule has 33 heavy (non-hydrogen) atoms. The number of amides is 1. The predicted molar refractivity (Wildman–Crippen MR) is 125 cm³/mol. The second kappa shape index (κ2) is 10.3. The molecule has 0 atom stereocenters. The number of hydrogen-bond donors (Lipinski definition) is 1. The maximum absolute atomic E-state index is 13.2. The topological polar surface area (TPSA) is 111 Å². The summed E-state index contributed by atoms with van der Waals surface area (Å²) in [7, 11) is -0.180. The van der Waals surface area contributed by atoms with Crippen LogP contribution < -0.4 is 14.2 Å². The molecule has 11 heteroatoms. The highest BCUT2D eigenvalue weighted by Gasteiger charge is 2.26. The number of anilines is 1. The number of hydrogen-bond acceptors (Lipinski definition) is 8. The number of thioether (sulfide) groups is 1. The molecular formula is C22H26N2O7S2. The third kappa shape index (κ3) is 5.19. The highest BCUT2D eigenvalue weighted by molar-refractivity contribution is 7.98. The lowest BCUT2D eigenvalue weighted by Gasteiger charge is -2.19. The number of carbonyl (C=O) groups excluding carboxylic acids is 2. The van der Waals surface area contributed by atoms with Crippen LogP contribution in [0.1, 0.15) is 33.6 Å². The van der Waals surface area contributed by atoms with Crippen molar-refractivity contribution in [1.29, 1.82) is 0 Å². The van der Waals surface area contributed by atoms with Crippen LogP contribution in [-0.4, -0.2) is 65.9 Å². The van der Waals surface area contributed by atoms with Gasteiger partial charge in [0, 0.05) is 30.1 Å². The van der Waals surface area contributed by atoms with E-state index in [-0.39, 0.29) is 33.6 Å². The Balaban J connectivity index is 2.04. The van der Waals surface area contributed by atoms with Crippen LogP contribution in [0.25, 0.3) is 0 Å². The highest BCUT2D eigenvalue weighted by atomic mass is 32.2. The number of ether oxygens (including phenoxy) is 3. The lowest BCUT2D eigenvalue weighted by atomic mass is 10.1. The van der Waals surface area contributed by atoms with Gasteiger partial charge in [0.05, 0.1) is 43.0 Å². The zero-order chi connectivity index (χ0) is 24.2. The quantitative estimate of drug-likeness (QED) is 0.440. The smallest absolute Gasteiger partial charge is 0.340 e. The Morgan fingerprint density at radius 2 is 1.61 bits per heavy atom. The van der Waals surface area contributed by atoms with Gasteiger partial charge in [-0.2, -0.15) is 0 Å². The van der Waals surface area contributed by atoms with Gasteiger partial charge in [-0.25, -0.2) is 13.2 Å². The molecule has 2 aromatic rings. The molecular weight excluding hydrogens is 468 g/mol. The summed E-state index contributed by atoms with van der Waals surface area (Å²) in [5.41, 5.74) is 0.237. The maximum atomic E-state index is 13.2. The average molecular weight is 495 g/mol. The first-order chi connectivity index (χ1) is 15.7. The van der Waals surface area contributed by atoms with Crippen molar-refractivity contribution in [2.75, 3.05) is 45.4 Å². The fourth-order valence-electron chi connectivity index (χ4n) is 3.56. The predicted octanol–water partition coefficient (Wildman–Crippen LogP) is 3.25. The Morgan fingerprint density at radius 3 is 2.18 bits per heavy atom. The lowest BCUT2D eigenvalue weighted by molar-refractivity contribution is 0.0601. The molecule has 1 saturated heterocycles. The van der Waals surface area contributed by atoms with E-state index < -0.39 is 16.0 Å². The van der Waals surface area contributed by atoms with Crippen molar-refractivity contribution in [3.8, 4) is 11.5 Å². The average Bonchev–Trinajstić information content (AvgIpc) is 3.37. The molecule has 178 valence electrons. The van der Waals surface area contributed by atoms with Crippen LogP contribution in [0.2, 0.25) is 0 Å². The van der Waals surface area contributed by atoms with Crippen LogP contribution in [0.5, 0.6) is 11.5 Å². The van der Waals surface area contributed by atoms with E-state index in [1.807, 2.05) is 6.26 Å². The van der Waals surface area contributed by atoms with Gasteiger partial charge in [0.1, 0.15) is 0 Å². The Hall–Kier alpha value is -2.92. The number of sulfonamides is 1. The Kier molecular flexibility index (Phi) is 7.75. The van der Waals surface area contributed by atoms with E-state index in [4.69, 9.17) is 14.2 Å². The number of likely N-dealkylation sites (tertiary alicyclic amines) is 1. The molecule has 3 rings (SSSR count). The van der Waals surface area contributed by atoms with E-state index in [0.717, 1.165) is 12.8 Å². The molecule has 0 spiro atoms. The minimum atomic E-state index is -4.16. The standard InChI is InChI=1S/C22H26N2O7S2/c1-29-18-12-15(22(26)31-3)17(13-19(18)30-2)23-33(27,28)14-7-8-20(32-4)16(11-14)21(25)24-9-5-6-10-24/h7-8,11-13,23H,5-6,9-10H2,1-4H3. The van der Waals surface area contributed by atoms with E-state index in [1.165, 1.54) is 57.4 Å². The number of methoxy groups -OCH3 is 3. The van der Waals surface area contributed by atoms with Crippen LogP contribution in [0, 0.1) is 0 Å². The van der Waals surface area contributed by atoms with Gasteiger partial charge in [-0.1, -0.05) is 0 Å². The van der Waals surface area contributed by atoms with Crippen molar-refractivity contribution in [2.45, 2.75) is 22.6 Å². The van der Waals surface area contributed by atoms with Crippen LogP contribution in [0.4, 0.5) is 5.69 Å². The zero-order valence-corrected chi connectivity index (χ0v) is 20.5. The van der Waals surface area contributed by atoms with Crippen molar-refractivity contribution in [2.24, 2.45) is 0 Å². The van der Waals surface area contributed by atoms with Crippen molar-refractivity contribution in [3.05, 3.63) is 41.5 Å². The van der Waals surface area contributed by atoms with Crippen LogP contribution in [0.15, 0.2) is 40.1 Å². The summed E-state index contributed by atoms with van der Waals surface area (Å²) in [6.45, 7) is 1.30. The first kappa shape index (κ1) is 24.7. The monoisotopic (exact) mass is 494 g/mol. The van der Waals surface area contributed by atoms with Gasteiger partial charge in [-0.3, -0.25) is 9.52 Å². The van der Waals surface area contributed by atoms with Crippen LogP contribution >= 0.6 is 11.8 Å². The van der Waals surface area contributed by atoms with E-state index in [1.54, 1.807) is 11.0 Å². The summed E-state index contributed by atoms with van der Waals surface area (Å²) < 4.78 is 44.1.